The summed E-state index contributed by atoms with van der Waals surface area (Å²) < 4.78 is 25.1. The van der Waals surface area contributed by atoms with Crippen molar-refractivity contribution in [2.45, 2.75) is 13.2 Å². The van der Waals surface area contributed by atoms with E-state index >= 15 is 0 Å². The van der Waals surface area contributed by atoms with Crippen LogP contribution in [0, 0.1) is 11.7 Å². The molecule has 1 aromatic carbocycles. The number of rotatable bonds is 7. The average Bonchev–Trinajstić information content (AvgIpc) is 3.08. The molecule has 1 aliphatic rings. The SMILES string of the molecule is CCOC(O[I-]C)C1C=NC(c2ccncc2)=C1c1ccc(F)cc1. The fourth-order valence-corrected chi connectivity index (χ4v) is 3.76. The summed E-state index contributed by atoms with van der Waals surface area (Å²) in [6.45, 7) is 2.50. The second-order valence-corrected chi connectivity index (χ2v) is 6.77. The van der Waals surface area contributed by atoms with Crippen LogP contribution in [0.2, 0.25) is 0 Å². The number of halogens is 2. The monoisotopic (exact) mass is 453 g/mol. The van der Waals surface area contributed by atoms with E-state index in [0.29, 0.717) is 6.61 Å². The van der Waals surface area contributed by atoms with Crippen LogP contribution in [0.4, 0.5) is 4.39 Å². The van der Waals surface area contributed by atoms with Crippen LogP contribution in [0.25, 0.3) is 11.3 Å². The van der Waals surface area contributed by atoms with Crippen LogP contribution in [0.5, 0.6) is 0 Å². The normalized spacial score (nSPS) is 18.1. The molecule has 0 bridgehead atoms. The van der Waals surface area contributed by atoms with Gasteiger partial charge in [0, 0.05) is 0 Å². The molecule has 0 saturated carbocycles. The van der Waals surface area contributed by atoms with Crippen molar-refractivity contribution in [2.75, 3.05) is 11.5 Å². The van der Waals surface area contributed by atoms with Gasteiger partial charge in [-0.15, -0.1) is 0 Å². The zero-order chi connectivity index (χ0) is 17.6. The molecule has 0 amide bonds. The van der Waals surface area contributed by atoms with Gasteiger partial charge in [0.05, 0.1) is 0 Å². The number of nitrogens with zero attached hydrogens (tertiary/aromatic N) is 2. The van der Waals surface area contributed by atoms with Crippen molar-refractivity contribution in [2.24, 2.45) is 10.9 Å². The summed E-state index contributed by atoms with van der Waals surface area (Å²) >= 11 is -0.407. The van der Waals surface area contributed by atoms with Gasteiger partial charge in [0.1, 0.15) is 0 Å². The van der Waals surface area contributed by atoms with Gasteiger partial charge in [-0.1, -0.05) is 0 Å². The van der Waals surface area contributed by atoms with E-state index in [9.17, 15) is 4.39 Å². The maximum atomic E-state index is 13.4. The van der Waals surface area contributed by atoms with E-state index in [2.05, 4.69) is 9.98 Å². The Hall–Kier alpha value is -1.64. The topological polar surface area (TPSA) is 43.7 Å². The molecule has 132 valence electrons. The first kappa shape index (κ1) is 18.2. The quantitative estimate of drug-likeness (QED) is 0.354. The Morgan fingerprint density at radius 1 is 1.12 bits per heavy atom. The number of pyridine rings is 1. The summed E-state index contributed by atoms with van der Waals surface area (Å²) in [5.41, 5.74) is 3.72. The first-order valence-electron chi connectivity index (χ1n) is 7.96. The van der Waals surface area contributed by atoms with Crippen molar-refractivity contribution in [3.63, 3.8) is 0 Å². The van der Waals surface area contributed by atoms with E-state index in [1.54, 1.807) is 24.5 Å². The Labute approximate surface area is 157 Å². The fourth-order valence-electron chi connectivity index (χ4n) is 2.80. The molecular weight excluding hydrogens is 434 g/mol. The molecule has 0 aliphatic carbocycles. The van der Waals surface area contributed by atoms with Crippen LogP contribution in [0.3, 0.4) is 0 Å². The third-order valence-corrected chi connectivity index (χ3v) is 4.87. The van der Waals surface area contributed by atoms with Gasteiger partial charge in [-0.05, 0) is 0 Å². The number of alkyl halides is 1. The summed E-state index contributed by atoms with van der Waals surface area (Å²) in [5.74, 6) is -0.393. The number of aliphatic imine (C=N–C) groups is 1. The molecule has 6 heteroatoms. The fraction of sp³-hybridized carbons (Fsp3) is 0.263. The van der Waals surface area contributed by atoms with E-state index in [4.69, 9.17) is 7.80 Å². The number of aromatic nitrogens is 1. The van der Waals surface area contributed by atoms with E-state index < -0.39 is 21.6 Å². The van der Waals surface area contributed by atoms with Gasteiger partial charge in [0.15, 0.2) is 0 Å². The van der Waals surface area contributed by atoms with Crippen molar-refractivity contribution in [1.82, 2.24) is 4.98 Å². The summed E-state index contributed by atoms with van der Waals surface area (Å²) in [7, 11) is 0. The van der Waals surface area contributed by atoms with E-state index in [1.807, 2.05) is 30.2 Å². The second-order valence-electron chi connectivity index (χ2n) is 5.38. The molecule has 1 aliphatic heterocycles. The third kappa shape index (κ3) is 4.13. The van der Waals surface area contributed by atoms with Crippen LogP contribution in [-0.4, -0.2) is 29.0 Å². The molecule has 0 N–H and O–H groups in total. The van der Waals surface area contributed by atoms with E-state index in [1.165, 1.54) is 12.1 Å². The predicted octanol–water partition coefficient (Wildman–Crippen LogP) is 0.803. The van der Waals surface area contributed by atoms with E-state index in [-0.39, 0.29) is 18.0 Å². The number of hydrogen-bond donors (Lipinski definition) is 0. The number of hydrogen-bond acceptors (Lipinski definition) is 4. The zero-order valence-electron chi connectivity index (χ0n) is 14.0. The summed E-state index contributed by atoms with van der Waals surface area (Å²) in [5, 5.41) is 0. The van der Waals surface area contributed by atoms with Crippen molar-refractivity contribution in [3.05, 3.63) is 65.7 Å². The molecule has 2 heterocycles. The molecule has 0 radical (unpaired) electrons. The molecule has 4 nitrogen and oxygen atoms in total. The Morgan fingerprint density at radius 3 is 2.48 bits per heavy atom. The maximum absolute atomic E-state index is 13.4. The van der Waals surface area contributed by atoms with Crippen LogP contribution in [-0.2, 0) is 7.80 Å². The van der Waals surface area contributed by atoms with Crippen molar-refractivity contribution < 1.29 is 33.8 Å². The predicted molar refractivity (Wildman–Crippen MR) is 91.9 cm³/mol. The molecule has 0 saturated heterocycles. The van der Waals surface area contributed by atoms with Gasteiger partial charge in [-0.25, -0.2) is 0 Å². The van der Waals surface area contributed by atoms with E-state index in [0.717, 1.165) is 22.4 Å². The molecule has 2 unspecified atom stereocenters. The summed E-state index contributed by atoms with van der Waals surface area (Å²) in [6, 6.07) is 10.3. The molecule has 25 heavy (non-hydrogen) atoms. The van der Waals surface area contributed by atoms with Crippen LogP contribution >= 0.6 is 0 Å². The number of ether oxygens (including phenoxy) is 1. The van der Waals surface area contributed by atoms with Gasteiger partial charge >= 0.3 is 158 Å². The second kappa shape index (κ2) is 8.64. The summed E-state index contributed by atoms with van der Waals surface area (Å²) in [4.78, 5) is 10.8. The first-order chi connectivity index (χ1) is 12.2. The Morgan fingerprint density at radius 2 is 1.84 bits per heavy atom. The Kier molecular flexibility index (Phi) is 6.28. The van der Waals surface area contributed by atoms with Crippen molar-refractivity contribution >= 4 is 17.5 Å². The Balaban J connectivity index is 2.08. The molecular formula is C19H19FIN2O2-. The average molecular weight is 453 g/mol. The molecule has 0 spiro atoms. The standard InChI is InChI=1S/C19H19FIN2O2/c1-3-24-19(25-21-2)16-12-23-18(14-8-10-22-11-9-14)17(16)13-4-6-15(20)7-5-13/h4-12,16,19H,3H2,1-2H3/q-1. The van der Waals surface area contributed by atoms with Gasteiger partial charge < -0.3 is 0 Å². The molecule has 1 aromatic heterocycles. The van der Waals surface area contributed by atoms with Crippen molar-refractivity contribution in [1.29, 1.82) is 0 Å². The van der Waals surface area contributed by atoms with Crippen LogP contribution in [0.15, 0.2) is 53.8 Å². The molecule has 3 rings (SSSR count). The van der Waals surface area contributed by atoms with Gasteiger partial charge in [0.25, 0.3) is 0 Å². The minimum absolute atomic E-state index is 0.131. The minimum atomic E-state index is -0.407. The Bertz CT molecular complexity index is 757. The molecule has 0 fully saturated rings. The third-order valence-electron chi connectivity index (χ3n) is 3.86. The zero-order valence-corrected chi connectivity index (χ0v) is 16.2. The molecule has 2 atom stereocenters. The molecule has 2 aromatic rings. The number of benzene rings is 1. The van der Waals surface area contributed by atoms with Crippen LogP contribution < -0.4 is 21.6 Å². The first-order valence-corrected chi connectivity index (χ1v) is 11.0. The van der Waals surface area contributed by atoms with Gasteiger partial charge in [-0.2, -0.15) is 0 Å². The summed E-state index contributed by atoms with van der Waals surface area (Å²) in [6.07, 6.45) is 4.96. The van der Waals surface area contributed by atoms with Crippen molar-refractivity contribution in [3.8, 4) is 0 Å². The van der Waals surface area contributed by atoms with Gasteiger partial charge in [-0.3, -0.25) is 0 Å². The van der Waals surface area contributed by atoms with Crippen LogP contribution in [0.1, 0.15) is 18.1 Å². The van der Waals surface area contributed by atoms with Gasteiger partial charge in [0.2, 0.25) is 0 Å².